The number of amides is 2. The normalized spacial score (nSPS) is 16.7. The minimum absolute atomic E-state index is 0.0564. The van der Waals surface area contributed by atoms with Gasteiger partial charge in [0.25, 0.3) is 5.91 Å². The number of benzene rings is 2. The van der Waals surface area contributed by atoms with E-state index in [1.165, 1.54) is 12.8 Å². The summed E-state index contributed by atoms with van der Waals surface area (Å²) in [4.78, 5) is 29.0. The average molecular weight is 362 g/mol. The van der Waals surface area contributed by atoms with Crippen LogP contribution in [-0.2, 0) is 17.8 Å². The van der Waals surface area contributed by atoms with Gasteiger partial charge in [0, 0.05) is 37.3 Å². The molecule has 1 saturated carbocycles. The van der Waals surface area contributed by atoms with Crippen LogP contribution in [0.3, 0.4) is 0 Å². The maximum absolute atomic E-state index is 13.4. The molecule has 2 aliphatic rings. The van der Waals surface area contributed by atoms with E-state index in [1.54, 1.807) is 11.8 Å². The van der Waals surface area contributed by atoms with Crippen LogP contribution in [0.5, 0.6) is 0 Å². The third-order valence-electron chi connectivity index (χ3n) is 5.85. The number of nitrogens with zero attached hydrogens (tertiary/aromatic N) is 2. The fourth-order valence-electron chi connectivity index (χ4n) is 4.04. The SMILES string of the molecule is CC(=O)N1CCc2cc(C(=O)N(Cc3ccccc3)C(C)C3CC3)ccc21. The number of carbonyl (C=O) groups is 2. The molecular formula is C23H26N2O2. The number of carbonyl (C=O) groups excluding carboxylic acids is 2. The number of hydrogen-bond donors (Lipinski definition) is 0. The van der Waals surface area contributed by atoms with Gasteiger partial charge in [-0.2, -0.15) is 0 Å². The number of anilines is 1. The summed E-state index contributed by atoms with van der Waals surface area (Å²) in [7, 11) is 0. The Bertz CT molecular complexity index is 858. The first-order chi connectivity index (χ1) is 13.0. The van der Waals surface area contributed by atoms with Crippen molar-refractivity contribution in [2.24, 2.45) is 5.92 Å². The molecule has 1 atom stereocenters. The summed E-state index contributed by atoms with van der Waals surface area (Å²) >= 11 is 0. The van der Waals surface area contributed by atoms with E-state index in [0.717, 1.165) is 28.8 Å². The van der Waals surface area contributed by atoms with E-state index in [9.17, 15) is 9.59 Å². The van der Waals surface area contributed by atoms with Gasteiger partial charge in [0.05, 0.1) is 0 Å². The maximum Gasteiger partial charge on any atom is 0.254 e. The van der Waals surface area contributed by atoms with Gasteiger partial charge in [-0.3, -0.25) is 9.59 Å². The molecule has 2 aromatic carbocycles. The average Bonchev–Trinajstić information content (AvgIpc) is 3.44. The zero-order chi connectivity index (χ0) is 19.0. The third kappa shape index (κ3) is 3.61. The molecular weight excluding hydrogens is 336 g/mol. The maximum atomic E-state index is 13.4. The first-order valence-electron chi connectivity index (χ1n) is 9.80. The predicted octanol–water partition coefficient (Wildman–Crippen LogP) is 4.04. The van der Waals surface area contributed by atoms with Gasteiger partial charge >= 0.3 is 0 Å². The Balaban J connectivity index is 1.60. The van der Waals surface area contributed by atoms with E-state index >= 15 is 0 Å². The molecule has 0 N–H and O–H groups in total. The molecule has 2 aromatic rings. The largest absolute Gasteiger partial charge is 0.331 e. The Morgan fingerprint density at radius 3 is 2.56 bits per heavy atom. The molecule has 1 aliphatic heterocycles. The van der Waals surface area contributed by atoms with Crippen molar-refractivity contribution in [3.05, 3.63) is 65.2 Å². The first kappa shape index (κ1) is 17.8. The van der Waals surface area contributed by atoms with Crippen molar-refractivity contribution in [3.63, 3.8) is 0 Å². The van der Waals surface area contributed by atoms with E-state index in [1.807, 2.05) is 41.3 Å². The van der Waals surface area contributed by atoms with Crippen LogP contribution < -0.4 is 4.90 Å². The van der Waals surface area contributed by atoms with Crippen LogP contribution in [0.2, 0.25) is 0 Å². The summed E-state index contributed by atoms with van der Waals surface area (Å²) in [6, 6.07) is 16.2. The Labute approximate surface area is 160 Å². The molecule has 1 heterocycles. The fraction of sp³-hybridized carbons (Fsp3) is 0.391. The molecule has 0 spiro atoms. The van der Waals surface area contributed by atoms with Gasteiger partial charge < -0.3 is 9.80 Å². The lowest BCUT2D eigenvalue weighted by Crippen LogP contribution is -2.39. The van der Waals surface area contributed by atoms with Gasteiger partial charge in [-0.05, 0) is 61.4 Å². The first-order valence-corrected chi connectivity index (χ1v) is 9.80. The zero-order valence-electron chi connectivity index (χ0n) is 16.0. The predicted molar refractivity (Wildman–Crippen MR) is 107 cm³/mol. The fourth-order valence-corrected chi connectivity index (χ4v) is 4.04. The van der Waals surface area contributed by atoms with Crippen LogP contribution in [0.25, 0.3) is 0 Å². The van der Waals surface area contributed by atoms with Gasteiger partial charge in [0.15, 0.2) is 0 Å². The lowest BCUT2D eigenvalue weighted by Gasteiger charge is -2.30. The van der Waals surface area contributed by atoms with E-state index < -0.39 is 0 Å². The second-order valence-electron chi connectivity index (χ2n) is 7.76. The summed E-state index contributed by atoms with van der Waals surface area (Å²) in [5.74, 6) is 0.753. The topological polar surface area (TPSA) is 40.6 Å². The van der Waals surface area contributed by atoms with Gasteiger partial charge in [-0.15, -0.1) is 0 Å². The van der Waals surface area contributed by atoms with Crippen molar-refractivity contribution in [3.8, 4) is 0 Å². The minimum Gasteiger partial charge on any atom is -0.331 e. The number of hydrogen-bond acceptors (Lipinski definition) is 2. The lowest BCUT2D eigenvalue weighted by atomic mass is 10.0. The van der Waals surface area contributed by atoms with Gasteiger partial charge in [-0.1, -0.05) is 30.3 Å². The smallest absolute Gasteiger partial charge is 0.254 e. The van der Waals surface area contributed by atoms with Crippen LogP contribution in [0.4, 0.5) is 5.69 Å². The van der Waals surface area contributed by atoms with Crippen LogP contribution >= 0.6 is 0 Å². The second kappa shape index (κ2) is 7.18. The summed E-state index contributed by atoms with van der Waals surface area (Å²) in [6.07, 6.45) is 3.22. The van der Waals surface area contributed by atoms with E-state index in [-0.39, 0.29) is 17.9 Å². The van der Waals surface area contributed by atoms with Crippen molar-refractivity contribution in [2.45, 2.75) is 45.7 Å². The molecule has 1 unspecified atom stereocenters. The highest BCUT2D eigenvalue weighted by atomic mass is 16.2. The summed E-state index contributed by atoms with van der Waals surface area (Å²) in [5, 5.41) is 0. The molecule has 2 amide bonds. The molecule has 1 aliphatic carbocycles. The van der Waals surface area contributed by atoms with E-state index in [0.29, 0.717) is 19.0 Å². The Hall–Kier alpha value is -2.62. The molecule has 4 rings (SSSR count). The van der Waals surface area contributed by atoms with E-state index in [4.69, 9.17) is 0 Å². The Morgan fingerprint density at radius 2 is 1.89 bits per heavy atom. The standard InChI is InChI=1S/C23H26N2O2/c1-16(19-8-9-19)25(15-18-6-4-3-5-7-18)23(27)21-10-11-22-20(14-21)12-13-24(22)17(2)26/h3-7,10-11,14,16,19H,8-9,12-13,15H2,1-2H3. The summed E-state index contributed by atoms with van der Waals surface area (Å²) < 4.78 is 0. The van der Waals surface area contributed by atoms with Crippen LogP contribution in [0.1, 0.15) is 48.2 Å². The van der Waals surface area contributed by atoms with Crippen LogP contribution in [0.15, 0.2) is 48.5 Å². The van der Waals surface area contributed by atoms with Crippen molar-refractivity contribution in [2.75, 3.05) is 11.4 Å². The molecule has 0 aromatic heterocycles. The summed E-state index contributed by atoms with van der Waals surface area (Å²) in [5.41, 5.74) is 3.92. The molecule has 140 valence electrons. The number of fused-ring (bicyclic) bond motifs is 1. The lowest BCUT2D eigenvalue weighted by molar-refractivity contribution is -0.116. The Morgan fingerprint density at radius 1 is 1.15 bits per heavy atom. The minimum atomic E-state index is 0.0564. The Kier molecular flexibility index (Phi) is 4.73. The van der Waals surface area contributed by atoms with Crippen molar-refractivity contribution in [1.82, 2.24) is 4.90 Å². The molecule has 1 fully saturated rings. The van der Waals surface area contributed by atoms with Crippen molar-refractivity contribution >= 4 is 17.5 Å². The van der Waals surface area contributed by atoms with Gasteiger partial charge in [0.2, 0.25) is 5.91 Å². The third-order valence-corrected chi connectivity index (χ3v) is 5.85. The van der Waals surface area contributed by atoms with Crippen molar-refractivity contribution < 1.29 is 9.59 Å². The van der Waals surface area contributed by atoms with Gasteiger partial charge in [0.1, 0.15) is 0 Å². The highest BCUT2D eigenvalue weighted by molar-refractivity contribution is 5.98. The van der Waals surface area contributed by atoms with Gasteiger partial charge in [-0.25, -0.2) is 0 Å². The van der Waals surface area contributed by atoms with Crippen LogP contribution in [-0.4, -0.2) is 29.3 Å². The molecule has 0 saturated heterocycles. The molecule has 4 heteroatoms. The van der Waals surface area contributed by atoms with Crippen molar-refractivity contribution in [1.29, 1.82) is 0 Å². The number of rotatable bonds is 5. The zero-order valence-corrected chi connectivity index (χ0v) is 16.0. The monoisotopic (exact) mass is 362 g/mol. The quantitative estimate of drug-likeness (QED) is 0.805. The highest BCUT2D eigenvalue weighted by Crippen LogP contribution is 2.37. The summed E-state index contributed by atoms with van der Waals surface area (Å²) in [6.45, 7) is 5.10. The molecule has 0 radical (unpaired) electrons. The molecule has 0 bridgehead atoms. The second-order valence-corrected chi connectivity index (χ2v) is 7.76. The van der Waals surface area contributed by atoms with E-state index in [2.05, 4.69) is 19.1 Å². The molecule has 27 heavy (non-hydrogen) atoms. The highest BCUT2D eigenvalue weighted by Gasteiger charge is 2.35. The van der Waals surface area contributed by atoms with Crippen LogP contribution in [0, 0.1) is 5.92 Å². The molecule has 4 nitrogen and oxygen atoms in total.